The molecule has 0 amide bonds. The largest absolute Gasteiger partial charge is 0.494 e. The van der Waals surface area contributed by atoms with Gasteiger partial charge in [-0.25, -0.2) is 9.97 Å². The molecule has 0 saturated carbocycles. The molecule has 0 saturated heterocycles. The van der Waals surface area contributed by atoms with E-state index in [1.807, 2.05) is 48.0 Å². The number of ether oxygens (including phenoxy) is 1. The highest BCUT2D eigenvalue weighted by Crippen LogP contribution is 2.22. The zero-order valence-electron chi connectivity index (χ0n) is 15.4. The average molecular weight is 396 g/mol. The Morgan fingerprint density at radius 1 is 1.25 bits per heavy atom. The van der Waals surface area contributed by atoms with E-state index < -0.39 is 0 Å². The number of hydrogen-bond donors (Lipinski definition) is 2. The number of imidazole rings is 1. The monoisotopic (exact) mass is 396 g/mol. The number of nitrogens with zero attached hydrogens (tertiary/aromatic N) is 3. The molecule has 0 radical (unpaired) electrons. The van der Waals surface area contributed by atoms with Crippen molar-refractivity contribution in [1.82, 2.24) is 19.5 Å². The first-order valence-corrected chi connectivity index (χ1v) is 9.81. The van der Waals surface area contributed by atoms with Crippen molar-refractivity contribution in [3.8, 4) is 11.6 Å². The number of fused-ring (bicyclic) bond motifs is 1. The van der Waals surface area contributed by atoms with Gasteiger partial charge in [0.25, 0.3) is 0 Å². The molecule has 2 N–H and O–H groups in total. The van der Waals surface area contributed by atoms with Gasteiger partial charge in [0, 0.05) is 26.1 Å². The number of benzene rings is 1. The van der Waals surface area contributed by atoms with Crippen molar-refractivity contribution in [1.29, 1.82) is 0 Å². The molecular formula is C20H20N4O3S. The number of rotatable bonds is 7. The van der Waals surface area contributed by atoms with E-state index in [2.05, 4.69) is 15.0 Å². The minimum Gasteiger partial charge on any atom is -0.494 e. The third-order valence-electron chi connectivity index (χ3n) is 4.52. The fourth-order valence-electron chi connectivity index (χ4n) is 3.08. The molecule has 8 heteroatoms. The third kappa shape index (κ3) is 3.91. The normalized spacial score (nSPS) is 11.2. The lowest BCUT2D eigenvalue weighted by atomic mass is 10.1. The van der Waals surface area contributed by atoms with Gasteiger partial charge in [-0.05, 0) is 36.2 Å². The zero-order chi connectivity index (χ0) is 19.5. The summed E-state index contributed by atoms with van der Waals surface area (Å²) in [5.74, 6) is 1.74. The molecule has 0 aliphatic carbocycles. The Balaban J connectivity index is 1.29. The second-order valence-corrected chi connectivity index (χ2v) is 7.56. The van der Waals surface area contributed by atoms with Gasteiger partial charge in [0.1, 0.15) is 17.1 Å². The van der Waals surface area contributed by atoms with E-state index in [4.69, 9.17) is 4.74 Å². The van der Waals surface area contributed by atoms with Gasteiger partial charge in [-0.15, -0.1) is 0 Å². The Bertz CT molecular complexity index is 1140. The summed E-state index contributed by atoms with van der Waals surface area (Å²) < 4.78 is 7.84. The topological polar surface area (TPSA) is 93.0 Å². The SMILES string of the molecule is Cn1c(CCCOc2ccc(Cc3sc(=O)[nH]c3O)cc2)nc2cccnc21. The second-order valence-electron chi connectivity index (χ2n) is 6.49. The van der Waals surface area contributed by atoms with Gasteiger partial charge in [-0.2, -0.15) is 0 Å². The van der Waals surface area contributed by atoms with E-state index in [0.29, 0.717) is 17.9 Å². The minimum absolute atomic E-state index is 0.0486. The van der Waals surface area contributed by atoms with Crippen molar-refractivity contribution < 1.29 is 9.84 Å². The van der Waals surface area contributed by atoms with Gasteiger partial charge in [-0.3, -0.25) is 9.78 Å². The summed E-state index contributed by atoms with van der Waals surface area (Å²) in [6.07, 6.45) is 3.95. The van der Waals surface area contributed by atoms with Crippen LogP contribution in [-0.4, -0.2) is 31.2 Å². The predicted molar refractivity (Wildman–Crippen MR) is 108 cm³/mol. The predicted octanol–water partition coefficient (Wildman–Crippen LogP) is 3.03. The van der Waals surface area contributed by atoms with Crippen LogP contribution in [0, 0.1) is 0 Å². The van der Waals surface area contributed by atoms with Crippen LogP contribution in [0.25, 0.3) is 11.2 Å². The van der Waals surface area contributed by atoms with Crippen LogP contribution >= 0.6 is 11.3 Å². The van der Waals surface area contributed by atoms with E-state index in [0.717, 1.165) is 52.5 Å². The molecule has 0 atom stereocenters. The summed E-state index contributed by atoms with van der Waals surface area (Å²) in [5, 5.41) is 9.67. The molecule has 4 aromatic rings. The number of hydrogen-bond acceptors (Lipinski definition) is 6. The quantitative estimate of drug-likeness (QED) is 0.469. The van der Waals surface area contributed by atoms with E-state index in [1.165, 1.54) is 0 Å². The first-order valence-electron chi connectivity index (χ1n) is 8.99. The van der Waals surface area contributed by atoms with E-state index >= 15 is 0 Å². The number of aromatic nitrogens is 4. The molecule has 3 heterocycles. The average Bonchev–Trinajstić information content (AvgIpc) is 3.19. The number of nitrogens with one attached hydrogen (secondary N) is 1. The second kappa shape index (κ2) is 7.85. The maximum atomic E-state index is 11.3. The Morgan fingerprint density at radius 3 is 2.79 bits per heavy atom. The molecule has 3 aromatic heterocycles. The highest BCUT2D eigenvalue weighted by atomic mass is 32.1. The van der Waals surface area contributed by atoms with Crippen LogP contribution in [0.15, 0.2) is 47.4 Å². The molecule has 28 heavy (non-hydrogen) atoms. The van der Waals surface area contributed by atoms with Crippen LogP contribution in [0.5, 0.6) is 11.6 Å². The molecule has 0 unspecified atom stereocenters. The molecule has 7 nitrogen and oxygen atoms in total. The number of aryl methyl sites for hydroxylation is 2. The molecule has 0 bridgehead atoms. The summed E-state index contributed by atoms with van der Waals surface area (Å²) in [4.78, 5) is 23.0. The van der Waals surface area contributed by atoms with Crippen LogP contribution in [-0.2, 0) is 19.9 Å². The summed E-state index contributed by atoms with van der Waals surface area (Å²) in [6, 6.07) is 11.5. The van der Waals surface area contributed by atoms with Crippen molar-refractivity contribution in [2.24, 2.45) is 7.05 Å². The van der Waals surface area contributed by atoms with Crippen molar-refractivity contribution in [3.05, 3.63) is 68.5 Å². The molecule has 0 spiro atoms. The highest BCUT2D eigenvalue weighted by Gasteiger charge is 2.09. The number of H-pyrrole nitrogens is 1. The maximum absolute atomic E-state index is 11.3. The standard InChI is InChI=1S/C20H20N4O3S/c1-24-17(22-15-4-2-10-21-18(15)24)5-3-11-27-14-8-6-13(7-9-14)12-16-19(25)23-20(26)28-16/h2,4,6-10,25H,3,5,11-12H2,1H3,(H,23,26). The lowest BCUT2D eigenvalue weighted by Crippen LogP contribution is -2.03. The third-order valence-corrected chi connectivity index (χ3v) is 5.39. The highest BCUT2D eigenvalue weighted by molar-refractivity contribution is 7.09. The van der Waals surface area contributed by atoms with Gasteiger partial charge >= 0.3 is 4.87 Å². The first kappa shape index (κ1) is 18.2. The fourth-order valence-corrected chi connectivity index (χ4v) is 3.83. The molecule has 0 aliphatic heterocycles. The molecule has 0 aliphatic rings. The number of thiazole rings is 1. The summed E-state index contributed by atoms with van der Waals surface area (Å²) in [7, 11) is 1.98. The Morgan fingerprint density at radius 2 is 2.07 bits per heavy atom. The van der Waals surface area contributed by atoms with E-state index in [-0.39, 0.29) is 10.8 Å². The Hall–Kier alpha value is -3.13. The first-order chi connectivity index (χ1) is 13.6. The lowest BCUT2D eigenvalue weighted by Gasteiger charge is -2.07. The van der Waals surface area contributed by atoms with Crippen molar-refractivity contribution in [2.75, 3.05) is 6.61 Å². The molecule has 144 valence electrons. The van der Waals surface area contributed by atoms with Crippen molar-refractivity contribution >= 4 is 22.5 Å². The van der Waals surface area contributed by atoms with Gasteiger partial charge in [0.05, 0.1) is 11.5 Å². The number of aromatic amines is 1. The van der Waals surface area contributed by atoms with Crippen molar-refractivity contribution in [2.45, 2.75) is 19.3 Å². The van der Waals surface area contributed by atoms with Crippen LogP contribution in [0.4, 0.5) is 0 Å². The van der Waals surface area contributed by atoms with Gasteiger partial charge < -0.3 is 14.4 Å². The summed E-state index contributed by atoms with van der Waals surface area (Å²) in [6.45, 7) is 0.593. The smallest absolute Gasteiger partial charge is 0.307 e. The van der Waals surface area contributed by atoms with Gasteiger partial charge in [-0.1, -0.05) is 23.5 Å². The Kier molecular flexibility index (Phi) is 5.12. The van der Waals surface area contributed by atoms with Crippen molar-refractivity contribution in [3.63, 3.8) is 0 Å². The number of aromatic hydroxyl groups is 1. The zero-order valence-corrected chi connectivity index (χ0v) is 16.2. The fraction of sp³-hybridized carbons (Fsp3) is 0.250. The van der Waals surface area contributed by atoms with Gasteiger partial charge in [0.15, 0.2) is 5.65 Å². The van der Waals surface area contributed by atoms with Crippen LogP contribution in [0.2, 0.25) is 0 Å². The van der Waals surface area contributed by atoms with E-state index in [9.17, 15) is 9.90 Å². The Labute approximate surface area is 165 Å². The summed E-state index contributed by atoms with van der Waals surface area (Å²) >= 11 is 1.03. The van der Waals surface area contributed by atoms with Gasteiger partial charge in [0.2, 0.25) is 5.88 Å². The minimum atomic E-state index is -0.246. The lowest BCUT2D eigenvalue weighted by molar-refractivity contribution is 0.309. The van der Waals surface area contributed by atoms with Crippen LogP contribution in [0.3, 0.4) is 0 Å². The number of pyridine rings is 1. The van der Waals surface area contributed by atoms with Crippen LogP contribution < -0.4 is 9.61 Å². The summed E-state index contributed by atoms with van der Waals surface area (Å²) in [5.41, 5.74) is 2.81. The maximum Gasteiger partial charge on any atom is 0.307 e. The molecule has 4 rings (SSSR count). The van der Waals surface area contributed by atoms with E-state index in [1.54, 1.807) is 6.20 Å². The van der Waals surface area contributed by atoms with Crippen LogP contribution in [0.1, 0.15) is 22.7 Å². The molecule has 0 fully saturated rings. The molecular weight excluding hydrogens is 376 g/mol. The molecule has 1 aromatic carbocycles.